The standard InChI is InChI=1S/C12H14N4O2S/c1-19(17,18)16-11-4-2-3-10(7-11)14-8-12-5-6-13-9-15-12/h2-7,9,14,16H,8H2,1H3. The second kappa shape index (κ2) is 5.66. The number of sulfonamides is 1. The summed E-state index contributed by atoms with van der Waals surface area (Å²) in [5.74, 6) is 0. The van der Waals surface area contributed by atoms with Gasteiger partial charge in [-0.1, -0.05) is 6.07 Å². The molecule has 0 spiro atoms. The molecule has 1 aromatic carbocycles. The lowest BCUT2D eigenvalue weighted by Gasteiger charge is -2.08. The third-order valence-electron chi connectivity index (χ3n) is 2.28. The van der Waals surface area contributed by atoms with Gasteiger partial charge >= 0.3 is 0 Å². The van der Waals surface area contributed by atoms with Crippen LogP contribution in [0.5, 0.6) is 0 Å². The predicted molar refractivity (Wildman–Crippen MR) is 74.3 cm³/mol. The zero-order valence-electron chi connectivity index (χ0n) is 10.4. The van der Waals surface area contributed by atoms with Gasteiger partial charge in [-0.25, -0.2) is 18.4 Å². The summed E-state index contributed by atoms with van der Waals surface area (Å²) in [6.45, 7) is 0.546. The fourth-order valence-electron chi connectivity index (χ4n) is 1.52. The van der Waals surface area contributed by atoms with Gasteiger partial charge in [-0.15, -0.1) is 0 Å². The largest absolute Gasteiger partial charge is 0.379 e. The van der Waals surface area contributed by atoms with E-state index in [2.05, 4.69) is 20.0 Å². The molecule has 7 heteroatoms. The first kappa shape index (κ1) is 13.3. The van der Waals surface area contributed by atoms with Crippen LogP contribution in [0.4, 0.5) is 11.4 Å². The van der Waals surface area contributed by atoms with Crippen LogP contribution in [0, 0.1) is 0 Å². The molecule has 1 aromatic heterocycles. The molecule has 2 aromatic rings. The van der Waals surface area contributed by atoms with Crippen molar-refractivity contribution in [3.63, 3.8) is 0 Å². The lowest BCUT2D eigenvalue weighted by molar-refractivity contribution is 0.607. The molecule has 0 aliphatic heterocycles. The monoisotopic (exact) mass is 278 g/mol. The van der Waals surface area contributed by atoms with Crippen LogP contribution in [0.3, 0.4) is 0 Å². The molecule has 2 N–H and O–H groups in total. The molecule has 0 fully saturated rings. The Balaban J connectivity index is 2.03. The molecule has 19 heavy (non-hydrogen) atoms. The summed E-state index contributed by atoms with van der Waals surface area (Å²) in [5, 5.41) is 3.16. The molecule has 100 valence electrons. The first-order valence-corrected chi connectivity index (χ1v) is 7.49. The minimum atomic E-state index is -3.26. The third kappa shape index (κ3) is 4.55. The number of nitrogens with zero attached hydrogens (tertiary/aromatic N) is 2. The van der Waals surface area contributed by atoms with Crippen molar-refractivity contribution in [2.45, 2.75) is 6.54 Å². The average molecular weight is 278 g/mol. The van der Waals surface area contributed by atoms with Gasteiger partial charge in [0.05, 0.1) is 24.2 Å². The van der Waals surface area contributed by atoms with Crippen LogP contribution in [0.25, 0.3) is 0 Å². The number of hydrogen-bond donors (Lipinski definition) is 2. The van der Waals surface area contributed by atoms with E-state index < -0.39 is 10.0 Å². The molecule has 0 amide bonds. The maximum Gasteiger partial charge on any atom is 0.229 e. The summed E-state index contributed by atoms with van der Waals surface area (Å²) in [5.41, 5.74) is 2.19. The van der Waals surface area contributed by atoms with Crippen molar-refractivity contribution in [1.82, 2.24) is 9.97 Å². The van der Waals surface area contributed by atoms with Crippen LogP contribution in [0.1, 0.15) is 5.69 Å². The van der Waals surface area contributed by atoms with Crippen molar-refractivity contribution < 1.29 is 8.42 Å². The van der Waals surface area contributed by atoms with Gasteiger partial charge in [0, 0.05) is 11.9 Å². The molecule has 0 aliphatic rings. The van der Waals surface area contributed by atoms with E-state index in [-0.39, 0.29) is 0 Å². The second-order valence-electron chi connectivity index (χ2n) is 4.01. The van der Waals surface area contributed by atoms with E-state index in [0.717, 1.165) is 17.6 Å². The highest BCUT2D eigenvalue weighted by Gasteiger charge is 2.02. The average Bonchev–Trinajstić information content (AvgIpc) is 2.36. The predicted octanol–water partition coefficient (Wildman–Crippen LogP) is 1.46. The SMILES string of the molecule is CS(=O)(=O)Nc1cccc(NCc2ccncn2)c1. The van der Waals surface area contributed by atoms with E-state index in [4.69, 9.17) is 0 Å². The van der Waals surface area contributed by atoms with Crippen molar-refractivity contribution >= 4 is 21.4 Å². The van der Waals surface area contributed by atoms with Crippen LogP contribution >= 0.6 is 0 Å². The van der Waals surface area contributed by atoms with Gasteiger partial charge in [0.1, 0.15) is 6.33 Å². The van der Waals surface area contributed by atoms with Gasteiger partial charge in [0.25, 0.3) is 0 Å². The Morgan fingerprint density at radius 2 is 2.00 bits per heavy atom. The van der Waals surface area contributed by atoms with Crippen molar-refractivity contribution in [2.24, 2.45) is 0 Å². The fraction of sp³-hybridized carbons (Fsp3) is 0.167. The van der Waals surface area contributed by atoms with E-state index in [1.807, 2.05) is 12.1 Å². The lowest BCUT2D eigenvalue weighted by atomic mass is 10.3. The van der Waals surface area contributed by atoms with Gasteiger partial charge in [-0.05, 0) is 24.3 Å². The highest BCUT2D eigenvalue weighted by Crippen LogP contribution is 2.16. The van der Waals surface area contributed by atoms with E-state index in [0.29, 0.717) is 12.2 Å². The molecule has 0 aliphatic carbocycles. The molecular formula is C12H14N4O2S. The topological polar surface area (TPSA) is 84.0 Å². The molecule has 2 rings (SSSR count). The molecule has 0 bridgehead atoms. The molecule has 6 nitrogen and oxygen atoms in total. The Morgan fingerprint density at radius 3 is 2.68 bits per heavy atom. The smallest absolute Gasteiger partial charge is 0.229 e. The Labute approximate surface area is 112 Å². The first-order chi connectivity index (χ1) is 9.03. The fourth-order valence-corrected chi connectivity index (χ4v) is 2.08. The van der Waals surface area contributed by atoms with Crippen LogP contribution < -0.4 is 10.0 Å². The van der Waals surface area contributed by atoms with Crippen molar-refractivity contribution in [2.75, 3.05) is 16.3 Å². The highest BCUT2D eigenvalue weighted by atomic mass is 32.2. The summed E-state index contributed by atoms with van der Waals surface area (Å²) in [7, 11) is -3.26. The number of anilines is 2. The summed E-state index contributed by atoms with van der Waals surface area (Å²) in [4.78, 5) is 7.93. The van der Waals surface area contributed by atoms with E-state index in [1.165, 1.54) is 6.33 Å². The maximum atomic E-state index is 11.1. The summed E-state index contributed by atoms with van der Waals surface area (Å²) in [6.07, 6.45) is 4.28. The normalized spacial score (nSPS) is 11.0. The first-order valence-electron chi connectivity index (χ1n) is 5.59. The van der Waals surface area contributed by atoms with E-state index in [1.54, 1.807) is 24.4 Å². The summed E-state index contributed by atoms with van der Waals surface area (Å²) >= 11 is 0. The number of aromatic nitrogens is 2. The minimum Gasteiger partial charge on any atom is -0.379 e. The van der Waals surface area contributed by atoms with E-state index in [9.17, 15) is 8.42 Å². The second-order valence-corrected chi connectivity index (χ2v) is 5.76. The highest BCUT2D eigenvalue weighted by molar-refractivity contribution is 7.92. The van der Waals surface area contributed by atoms with Crippen molar-refractivity contribution in [3.05, 3.63) is 48.5 Å². The molecule has 0 saturated heterocycles. The van der Waals surface area contributed by atoms with E-state index >= 15 is 0 Å². The number of benzene rings is 1. The summed E-state index contributed by atoms with van der Waals surface area (Å²) in [6, 6.07) is 8.86. The van der Waals surface area contributed by atoms with Crippen molar-refractivity contribution in [1.29, 1.82) is 0 Å². The zero-order valence-corrected chi connectivity index (χ0v) is 11.2. The number of rotatable bonds is 5. The Morgan fingerprint density at radius 1 is 1.21 bits per heavy atom. The Bertz CT molecular complexity index is 644. The van der Waals surface area contributed by atoms with Crippen LogP contribution in [0.15, 0.2) is 42.9 Å². The Hall–Kier alpha value is -2.15. The van der Waals surface area contributed by atoms with Gasteiger partial charge in [0.2, 0.25) is 10.0 Å². The Kier molecular flexibility index (Phi) is 3.96. The molecule has 0 atom stereocenters. The quantitative estimate of drug-likeness (QED) is 0.865. The lowest BCUT2D eigenvalue weighted by Crippen LogP contribution is -2.09. The molecule has 0 saturated carbocycles. The van der Waals surface area contributed by atoms with Crippen LogP contribution in [-0.2, 0) is 16.6 Å². The molecule has 0 unspecified atom stereocenters. The number of hydrogen-bond acceptors (Lipinski definition) is 5. The van der Waals surface area contributed by atoms with Gasteiger partial charge in [0.15, 0.2) is 0 Å². The van der Waals surface area contributed by atoms with Crippen LogP contribution in [-0.4, -0.2) is 24.6 Å². The van der Waals surface area contributed by atoms with Gasteiger partial charge in [-0.3, -0.25) is 4.72 Å². The van der Waals surface area contributed by atoms with Gasteiger partial charge in [-0.2, -0.15) is 0 Å². The molecule has 1 heterocycles. The third-order valence-corrected chi connectivity index (χ3v) is 2.89. The van der Waals surface area contributed by atoms with Crippen LogP contribution in [0.2, 0.25) is 0 Å². The molecular weight excluding hydrogens is 264 g/mol. The maximum absolute atomic E-state index is 11.1. The summed E-state index contributed by atoms with van der Waals surface area (Å²) < 4.78 is 24.7. The molecule has 0 radical (unpaired) electrons. The van der Waals surface area contributed by atoms with Crippen molar-refractivity contribution in [3.8, 4) is 0 Å². The minimum absolute atomic E-state index is 0.523. The zero-order chi connectivity index (χ0) is 13.7. The number of nitrogens with one attached hydrogen (secondary N) is 2. The van der Waals surface area contributed by atoms with Gasteiger partial charge < -0.3 is 5.32 Å².